The Morgan fingerprint density at radius 2 is 1.78 bits per heavy atom. The molecule has 1 saturated heterocycles. The fourth-order valence-electron chi connectivity index (χ4n) is 2.76. The van der Waals surface area contributed by atoms with Crippen molar-refractivity contribution < 1.29 is 4.74 Å². The maximum atomic E-state index is 6.59. The zero-order chi connectivity index (χ0) is 12.4. The van der Waals surface area contributed by atoms with Crippen LogP contribution < -0.4 is 5.73 Å². The zero-order valence-corrected chi connectivity index (χ0v) is 10.6. The van der Waals surface area contributed by atoms with Crippen LogP contribution in [0.1, 0.15) is 24.8 Å². The number of fused-ring (bicyclic) bond motifs is 1. The highest BCUT2D eigenvalue weighted by atomic mass is 16.5. The standard InChI is InChI=1S/C16H19NO/c17-16(8-3-10-18-11-9-16)15-7-6-13-4-1-2-5-14(13)12-15/h1-2,4-7,12H,3,8-11,17H2. The van der Waals surface area contributed by atoms with Crippen LogP contribution in [0.25, 0.3) is 10.8 Å². The number of hydrogen-bond donors (Lipinski definition) is 1. The monoisotopic (exact) mass is 241 g/mol. The average Bonchev–Trinajstić information content (AvgIpc) is 2.64. The van der Waals surface area contributed by atoms with E-state index in [1.165, 1.54) is 16.3 Å². The molecule has 0 saturated carbocycles. The first-order valence-electron chi connectivity index (χ1n) is 6.64. The normalized spacial score (nSPS) is 24.9. The molecule has 1 aliphatic rings. The van der Waals surface area contributed by atoms with E-state index in [2.05, 4.69) is 42.5 Å². The summed E-state index contributed by atoms with van der Waals surface area (Å²) in [6, 6.07) is 15.0. The summed E-state index contributed by atoms with van der Waals surface area (Å²) in [5.41, 5.74) is 7.61. The van der Waals surface area contributed by atoms with Gasteiger partial charge in [-0.25, -0.2) is 0 Å². The molecule has 1 heterocycles. The van der Waals surface area contributed by atoms with Gasteiger partial charge in [0.15, 0.2) is 0 Å². The predicted molar refractivity (Wildman–Crippen MR) is 74.5 cm³/mol. The van der Waals surface area contributed by atoms with Crippen molar-refractivity contribution in [3.8, 4) is 0 Å². The Labute approximate surface area is 108 Å². The number of rotatable bonds is 1. The molecular weight excluding hydrogens is 222 g/mol. The van der Waals surface area contributed by atoms with Crippen molar-refractivity contribution in [2.75, 3.05) is 13.2 Å². The number of nitrogens with two attached hydrogens (primary N) is 1. The molecule has 0 radical (unpaired) electrons. The molecule has 0 aromatic heterocycles. The van der Waals surface area contributed by atoms with Gasteiger partial charge in [0, 0.05) is 18.8 Å². The van der Waals surface area contributed by atoms with Crippen molar-refractivity contribution in [2.45, 2.75) is 24.8 Å². The first-order valence-corrected chi connectivity index (χ1v) is 6.64. The van der Waals surface area contributed by atoms with E-state index in [1.54, 1.807) is 0 Å². The number of hydrogen-bond acceptors (Lipinski definition) is 2. The van der Waals surface area contributed by atoms with Gasteiger partial charge in [0.05, 0.1) is 0 Å². The molecule has 1 unspecified atom stereocenters. The first-order chi connectivity index (χ1) is 8.78. The van der Waals surface area contributed by atoms with Gasteiger partial charge in [-0.2, -0.15) is 0 Å². The van der Waals surface area contributed by atoms with E-state index in [1.807, 2.05) is 0 Å². The molecule has 2 nitrogen and oxygen atoms in total. The van der Waals surface area contributed by atoms with Crippen LogP contribution in [0, 0.1) is 0 Å². The Hall–Kier alpha value is -1.38. The van der Waals surface area contributed by atoms with E-state index in [9.17, 15) is 0 Å². The second kappa shape index (κ2) is 4.71. The smallest absolute Gasteiger partial charge is 0.0486 e. The molecule has 0 bridgehead atoms. The summed E-state index contributed by atoms with van der Waals surface area (Å²) in [6.07, 6.45) is 2.96. The minimum atomic E-state index is -0.222. The highest BCUT2D eigenvalue weighted by Gasteiger charge is 2.28. The summed E-state index contributed by atoms with van der Waals surface area (Å²) in [4.78, 5) is 0. The zero-order valence-electron chi connectivity index (χ0n) is 10.6. The van der Waals surface area contributed by atoms with Crippen LogP contribution in [0.2, 0.25) is 0 Å². The third kappa shape index (κ3) is 2.14. The summed E-state index contributed by atoms with van der Waals surface area (Å²) in [5, 5.41) is 2.54. The molecule has 2 aromatic carbocycles. The van der Waals surface area contributed by atoms with Crippen molar-refractivity contribution in [1.29, 1.82) is 0 Å². The molecule has 3 rings (SSSR count). The minimum Gasteiger partial charge on any atom is -0.381 e. The third-order valence-corrected chi connectivity index (χ3v) is 3.93. The van der Waals surface area contributed by atoms with Crippen molar-refractivity contribution in [1.82, 2.24) is 0 Å². The van der Waals surface area contributed by atoms with E-state index in [0.717, 1.165) is 32.5 Å². The summed E-state index contributed by atoms with van der Waals surface area (Å²) in [5.74, 6) is 0. The largest absolute Gasteiger partial charge is 0.381 e. The van der Waals surface area contributed by atoms with Gasteiger partial charge in [-0.05, 0) is 41.7 Å². The van der Waals surface area contributed by atoms with Gasteiger partial charge in [-0.3, -0.25) is 0 Å². The second-order valence-corrected chi connectivity index (χ2v) is 5.18. The molecular formula is C16H19NO. The van der Waals surface area contributed by atoms with Gasteiger partial charge in [0.25, 0.3) is 0 Å². The highest BCUT2D eigenvalue weighted by Crippen LogP contribution is 2.31. The quantitative estimate of drug-likeness (QED) is 0.832. The Morgan fingerprint density at radius 3 is 2.67 bits per heavy atom. The first kappa shape index (κ1) is 11.7. The summed E-state index contributed by atoms with van der Waals surface area (Å²) >= 11 is 0. The van der Waals surface area contributed by atoms with Crippen LogP contribution >= 0.6 is 0 Å². The van der Waals surface area contributed by atoms with Crippen LogP contribution in [-0.4, -0.2) is 13.2 Å². The van der Waals surface area contributed by atoms with Gasteiger partial charge in [-0.1, -0.05) is 36.4 Å². The molecule has 1 fully saturated rings. The van der Waals surface area contributed by atoms with Crippen molar-refractivity contribution in [3.63, 3.8) is 0 Å². The predicted octanol–water partition coefficient (Wildman–Crippen LogP) is 3.19. The number of benzene rings is 2. The minimum absolute atomic E-state index is 0.222. The lowest BCUT2D eigenvalue weighted by atomic mass is 9.83. The van der Waals surface area contributed by atoms with Gasteiger partial charge in [0.2, 0.25) is 0 Å². The second-order valence-electron chi connectivity index (χ2n) is 5.18. The Morgan fingerprint density at radius 1 is 0.944 bits per heavy atom. The SMILES string of the molecule is NC1(c2ccc3ccccc3c2)CCCOCC1. The molecule has 2 N–H and O–H groups in total. The Bertz CT molecular complexity index is 542. The van der Waals surface area contributed by atoms with E-state index in [0.29, 0.717) is 0 Å². The van der Waals surface area contributed by atoms with Crippen molar-refractivity contribution in [2.24, 2.45) is 5.73 Å². The lowest BCUT2D eigenvalue weighted by Crippen LogP contribution is -2.36. The molecule has 1 atom stereocenters. The van der Waals surface area contributed by atoms with E-state index in [4.69, 9.17) is 10.5 Å². The Balaban J connectivity index is 2.02. The summed E-state index contributed by atoms with van der Waals surface area (Å²) in [6.45, 7) is 1.61. The number of ether oxygens (including phenoxy) is 1. The van der Waals surface area contributed by atoms with E-state index in [-0.39, 0.29) is 5.54 Å². The molecule has 2 aromatic rings. The molecule has 94 valence electrons. The van der Waals surface area contributed by atoms with E-state index < -0.39 is 0 Å². The fourth-order valence-corrected chi connectivity index (χ4v) is 2.76. The highest BCUT2D eigenvalue weighted by molar-refractivity contribution is 5.83. The van der Waals surface area contributed by atoms with Gasteiger partial charge >= 0.3 is 0 Å². The molecule has 2 heteroatoms. The maximum Gasteiger partial charge on any atom is 0.0486 e. The third-order valence-electron chi connectivity index (χ3n) is 3.93. The van der Waals surface area contributed by atoms with Crippen LogP contribution in [0.5, 0.6) is 0 Å². The van der Waals surface area contributed by atoms with Crippen LogP contribution in [0.4, 0.5) is 0 Å². The van der Waals surface area contributed by atoms with Gasteiger partial charge < -0.3 is 10.5 Å². The fraction of sp³-hybridized carbons (Fsp3) is 0.375. The van der Waals surface area contributed by atoms with Crippen molar-refractivity contribution in [3.05, 3.63) is 48.0 Å². The summed E-state index contributed by atoms with van der Waals surface area (Å²) < 4.78 is 5.52. The average molecular weight is 241 g/mol. The molecule has 0 spiro atoms. The molecule has 0 amide bonds. The van der Waals surface area contributed by atoms with Crippen molar-refractivity contribution >= 4 is 10.8 Å². The lowest BCUT2D eigenvalue weighted by Gasteiger charge is -2.28. The molecule has 18 heavy (non-hydrogen) atoms. The van der Waals surface area contributed by atoms with Gasteiger partial charge in [-0.15, -0.1) is 0 Å². The molecule has 0 aliphatic carbocycles. The van der Waals surface area contributed by atoms with Gasteiger partial charge in [0.1, 0.15) is 0 Å². The van der Waals surface area contributed by atoms with Crippen LogP contribution in [-0.2, 0) is 10.3 Å². The van der Waals surface area contributed by atoms with Crippen LogP contribution in [0.3, 0.4) is 0 Å². The van der Waals surface area contributed by atoms with E-state index >= 15 is 0 Å². The topological polar surface area (TPSA) is 35.2 Å². The maximum absolute atomic E-state index is 6.59. The lowest BCUT2D eigenvalue weighted by molar-refractivity contribution is 0.139. The van der Waals surface area contributed by atoms with Crippen LogP contribution in [0.15, 0.2) is 42.5 Å². The summed E-state index contributed by atoms with van der Waals surface area (Å²) in [7, 11) is 0. The Kier molecular flexibility index (Phi) is 3.06. The molecule has 1 aliphatic heterocycles.